The highest BCUT2D eigenvalue weighted by molar-refractivity contribution is 7.99. The molecular weight excluding hydrogens is 328 g/mol. The van der Waals surface area contributed by atoms with Crippen LogP contribution < -0.4 is 5.32 Å². The number of anilines is 1. The van der Waals surface area contributed by atoms with Gasteiger partial charge in [-0.3, -0.25) is 9.69 Å². The van der Waals surface area contributed by atoms with Gasteiger partial charge < -0.3 is 5.32 Å². The molecule has 1 amide bonds. The first-order valence-electron chi connectivity index (χ1n) is 8.80. The second-order valence-corrected chi connectivity index (χ2v) is 8.09. The van der Waals surface area contributed by atoms with E-state index in [2.05, 4.69) is 35.3 Å². The summed E-state index contributed by atoms with van der Waals surface area (Å²) in [5.41, 5.74) is 6.25. The third kappa shape index (κ3) is 4.86. The van der Waals surface area contributed by atoms with Crippen molar-refractivity contribution in [1.29, 1.82) is 0 Å². The van der Waals surface area contributed by atoms with Gasteiger partial charge in [0.1, 0.15) is 0 Å². The van der Waals surface area contributed by atoms with E-state index in [0.717, 1.165) is 42.0 Å². The molecule has 0 saturated carbocycles. The number of hydrogen-bond donors (Lipinski definition) is 1. The minimum Gasteiger partial charge on any atom is -0.322 e. The number of thioether (sulfide) groups is 1. The van der Waals surface area contributed by atoms with E-state index >= 15 is 0 Å². The van der Waals surface area contributed by atoms with Crippen molar-refractivity contribution in [1.82, 2.24) is 4.90 Å². The van der Waals surface area contributed by atoms with Crippen molar-refractivity contribution in [2.45, 2.75) is 27.3 Å². The lowest BCUT2D eigenvalue weighted by Crippen LogP contribution is -2.31. The lowest BCUT2D eigenvalue weighted by atomic mass is 10.1. The summed E-state index contributed by atoms with van der Waals surface area (Å²) in [4.78, 5) is 15.0. The summed E-state index contributed by atoms with van der Waals surface area (Å²) < 4.78 is 0. The Morgan fingerprint density at radius 2 is 1.72 bits per heavy atom. The van der Waals surface area contributed by atoms with Crippen molar-refractivity contribution < 1.29 is 4.79 Å². The van der Waals surface area contributed by atoms with E-state index in [-0.39, 0.29) is 5.91 Å². The van der Waals surface area contributed by atoms with Crippen LogP contribution in [0.5, 0.6) is 0 Å². The van der Waals surface area contributed by atoms with E-state index < -0.39 is 0 Å². The fourth-order valence-corrected chi connectivity index (χ4v) is 4.26. The Morgan fingerprint density at radius 1 is 1.04 bits per heavy atom. The van der Waals surface area contributed by atoms with E-state index in [0.29, 0.717) is 5.56 Å². The Hall–Kier alpha value is -1.78. The molecule has 2 aromatic rings. The van der Waals surface area contributed by atoms with Crippen LogP contribution in [0.25, 0.3) is 0 Å². The number of amides is 1. The average molecular weight is 355 g/mol. The molecule has 1 saturated heterocycles. The van der Waals surface area contributed by atoms with Crippen molar-refractivity contribution in [3.8, 4) is 0 Å². The van der Waals surface area contributed by atoms with Gasteiger partial charge in [0.05, 0.1) is 0 Å². The summed E-state index contributed by atoms with van der Waals surface area (Å²) in [5.74, 6) is 2.40. The molecule has 0 aromatic heterocycles. The summed E-state index contributed by atoms with van der Waals surface area (Å²) in [7, 11) is 0. The van der Waals surface area contributed by atoms with Crippen LogP contribution in [0.15, 0.2) is 36.4 Å². The van der Waals surface area contributed by atoms with Gasteiger partial charge in [0.2, 0.25) is 0 Å². The highest BCUT2D eigenvalue weighted by atomic mass is 32.2. The minimum absolute atomic E-state index is 0.0456. The lowest BCUT2D eigenvalue weighted by molar-refractivity contribution is 0.102. The highest BCUT2D eigenvalue weighted by Crippen LogP contribution is 2.20. The van der Waals surface area contributed by atoms with Gasteiger partial charge in [-0.15, -0.1) is 0 Å². The van der Waals surface area contributed by atoms with Gasteiger partial charge in [0, 0.05) is 42.4 Å². The molecule has 0 spiro atoms. The third-order valence-electron chi connectivity index (χ3n) is 4.53. The van der Waals surface area contributed by atoms with E-state index in [9.17, 15) is 4.79 Å². The van der Waals surface area contributed by atoms with Crippen LogP contribution in [-0.2, 0) is 6.54 Å². The number of rotatable bonds is 4. The quantitative estimate of drug-likeness (QED) is 0.882. The largest absolute Gasteiger partial charge is 0.322 e. The second-order valence-electron chi connectivity index (χ2n) is 6.87. The summed E-state index contributed by atoms with van der Waals surface area (Å²) in [5, 5.41) is 3.06. The number of nitrogens with zero attached hydrogens (tertiary/aromatic N) is 1. The molecular formula is C21H26N2OS. The van der Waals surface area contributed by atoms with Gasteiger partial charge in [-0.05, 0) is 50.1 Å². The summed E-state index contributed by atoms with van der Waals surface area (Å²) in [6.45, 7) is 9.41. The zero-order valence-electron chi connectivity index (χ0n) is 15.3. The monoisotopic (exact) mass is 354 g/mol. The Labute approximate surface area is 154 Å². The molecule has 1 N–H and O–H groups in total. The van der Waals surface area contributed by atoms with Gasteiger partial charge in [-0.2, -0.15) is 11.8 Å². The molecule has 3 rings (SSSR count). The minimum atomic E-state index is -0.0456. The van der Waals surface area contributed by atoms with Crippen LogP contribution in [0.3, 0.4) is 0 Å². The topological polar surface area (TPSA) is 32.3 Å². The molecule has 25 heavy (non-hydrogen) atoms. The molecule has 1 heterocycles. The molecule has 3 nitrogen and oxygen atoms in total. The van der Waals surface area contributed by atoms with Crippen LogP contribution in [0.4, 0.5) is 5.69 Å². The fourth-order valence-electron chi connectivity index (χ4n) is 3.28. The maximum Gasteiger partial charge on any atom is 0.255 e. The van der Waals surface area contributed by atoms with Crippen LogP contribution in [0.1, 0.15) is 32.6 Å². The molecule has 2 aromatic carbocycles. The number of benzene rings is 2. The zero-order valence-corrected chi connectivity index (χ0v) is 16.1. The molecule has 132 valence electrons. The second kappa shape index (κ2) is 8.07. The number of carbonyl (C=O) groups excluding carboxylic acids is 1. The summed E-state index contributed by atoms with van der Waals surface area (Å²) in [6.07, 6.45) is 0. The summed E-state index contributed by atoms with van der Waals surface area (Å²) >= 11 is 2.03. The van der Waals surface area contributed by atoms with Crippen molar-refractivity contribution in [2.75, 3.05) is 29.9 Å². The van der Waals surface area contributed by atoms with Crippen molar-refractivity contribution >= 4 is 23.4 Å². The Kier molecular flexibility index (Phi) is 5.82. The Balaban J connectivity index is 1.69. The highest BCUT2D eigenvalue weighted by Gasteiger charge is 2.12. The molecule has 4 heteroatoms. The average Bonchev–Trinajstić information content (AvgIpc) is 2.57. The Bertz CT molecular complexity index is 746. The number of carbonyl (C=O) groups is 1. The number of aryl methyl sites for hydroxylation is 3. The lowest BCUT2D eigenvalue weighted by Gasteiger charge is -2.26. The van der Waals surface area contributed by atoms with E-state index in [1.54, 1.807) is 0 Å². The van der Waals surface area contributed by atoms with E-state index in [1.807, 2.05) is 43.8 Å². The van der Waals surface area contributed by atoms with Crippen LogP contribution >= 0.6 is 11.8 Å². The van der Waals surface area contributed by atoms with Gasteiger partial charge in [0.25, 0.3) is 5.91 Å². The molecule has 0 radical (unpaired) electrons. The maximum absolute atomic E-state index is 12.6. The van der Waals surface area contributed by atoms with Crippen LogP contribution in [-0.4, -0.2) is 35.4 Å². The zero-order chi connectivity index (χ0) is 17.8. The predicted octanol–water partition coefficient (Wildman–Crippen LogP) is 4.41. The fraction of sp³-hybridized carbons (Fsp3) is 0.381. The predicted molar refractivity (Wildman–Crippen MR) is 108 cm³/mol. The van der Waals surface area contributed by atoms with Gasteiger partial charge in [0.15, 0.2) is 0 Å². The van der Waals surface area contributed by atoms with Gasteiger partial charge in [-0.25, -0.2) is 0 Å². The van der Waals surface area contributed by atoms with Crippen LogP contribution in [0.2, 0.25) is 0 Å². The van der Waals surface area contributed by atoms with Gasteiger partial charge in [-0.1, -0.05) is 29.3 Å². The third-order valence-corrected chi connectivity index (χ3v) is 5.48. The molecule has 1 aliphatic heterocycles. The van der Waals surface area contributed by atoms with Crippen molar-refractivity contribution in [3.63, 3.8) is 0 Å². The molecule has 1 fully saturated rings. The first-order chi connectivity index (χ1) is 12.0. The Morgan fingerprint density at radius 3 is 2.36 bits per heavy atom. The smallest absolute Gasteiger partial charge is 0.255 e. The van der Waals surface area contributed by atoms with Crippen LogP contribution in [0, 0.1) is 20.8 Å². The maximum atomic E-state index is 12.6. The molecule has 1 aliphatic rings. The van der Waals surface area contributed by atoms with E-state index in [1.165, 1.54) is 17.1 Å². The molecule has 0 bridgehead atoms. The standard InChI is InChI=1S/C21H26N2OS/c1-15-10-16(2)12-19(11-15)21(24)22-20-5-4-18(13-17(20)3)14-23-6-8-25-9-7-23/h4-5,10-13H,6-9,14H2,1-3H3,(H,22,24). The number of nitrogens with one attached hydrogen (secondary N) is 1. The number of hydrogen-bond acceptors (Lipinski definition) is 3. The summed E-state index contributed by atoms with van der Waals surface area (Å²) in [6, 6.07) is 12.3. The normalized spacial score (nSPS) is 15.2. The molecule has 0 unspecified atom stereocenters. The first kappa shape index (κ1) is 18.0. The molecule has 0 aliphatic carbocycles. The SMILES string of the molecule is Cc1cc(C)cc(C(=O)Nc2ccc(CN3CCSCC3)cc2C)c1. The van der Waals surface area contributed by atoms with E-state index in [4.69, 9.17) is 0 Å². The van der Waals surface area contributed by atoms with Crippen molar-refractivity contribution in [3.05, 3.63) is 64.2 Å². The molecule has 0 atom stereocenters. The first-order valence-corrected chi connectivity index (χ1v) is 9.96. The van der Waals surface area contributed by atoms with Gasteiger partial charge >= 0.3 is 0 Å². The van der Waals surface area contributed by atoms with Crippen molar-refractivity contribution in [2.24, 2.45) is 0 Å².